The molecule has 0 saturated carbocycles. The Labute approximate surface area is 140 Å². The Morgan fingerprint density at radius 1 is 1.04 bits per heavy atom. The van der Waals surface area contributed by atoms with Crippen LogP contribution in [-0.2, 0) is 9.53 Å². The predicted molar refractivity (Wildman–Crippen MR) is 93.0 cm³/mol. The lowest BCUT2D eigenvalue weighted by molar-refractivity contribution is -0.116. The van der Waals surface area contributed by atoms with Crippen molar-refractivity contribution < 1.29 is 14.3 Å². The zero-order chi connectivity index (χ0) is 16.7. The molecule has 0 aliphatic rings. The standard InChI is InChI=1S/C18H19NO3S/c1-3-19(14-9-5-4-6-10-14)17(20)13-23-16-12-8-7-11-15(16)18(21)22-2/h4-12H,3,13H2,1-2H3. The molecule has 0 aromatic heterocycles. The van der Waals surface area contributed by atoms with Gasteiger partial charge < -0.3 is 9.64 Å². The lowest BCUT2D eigenvalue weighted by Crippen LogP contribution is -2.32. The average Bonchev–Trinajstić information content (AvgIpc) is 2.61. The fourth-order valence-corrected chi connectivity index (χ4v) is 3.12. The Kier molecular flexibility index (Phi) is 6.23. The number of carbonyl (C=O) groups is 2. The number of amides is 1. The summed E-state index contributed by atoms with van der Waals surface area (Å²) in [6, 6.07) is 16.7. The van der Waals surface area contributed by atoms with Crippen LogP contribution in [0.25, 0.3) is 0 Å². The molecule has 0 heterocycles. The van der Waals surface area contributed by atoms with E-state index in [1.165, 1.54) is 18.9 Å². The second kappa shape index (κ2) is 8.39. The molecular weight excluding hydrogens is 310 g/mol. The van der Waals surface area contributed by atoms with Gasteiger partial charge in [-0.05, 0) is 31.2 Å². The molecule has 0 unspecified atom stereocenters. The Morgan fingerprint density at radius 2 is 1.70 bits per heavy atom. The summed E-state index contributed by atoms with van der Waals surface area (Å²) in [6.07, 6.45) is 0. The summed E-state index contributed by atoms with van der Waals surface area (Å²) in [7, 11) is 1.35. The van der Waals surface area contributed by atoms with Gasteiger partial charge in [0.05, 0.1) is 18.4 Å². The van der Waals surface area contributed by atoms with Crippen LogP contribution in [0, 0.1) is 0 Å². The first kappa shape index (κ1) is 17.1. The molecule has 23 heavy (non-hydrogen) atoms. The number of esters is 1. The third-order valence-corrected chi connectivity index (χ3v) is 4.39. The molecule has 0 spiro atoms. The fourth-order valence-electron chi connectivity index (χ4n) is 2.20. The van der Waals surface area contributed by atoms with Crippen LogP contribution in [0.15, 0.2) is 59.5 Å². The first-order chi connectivity index (χ1) is 11.2. The van der Waals surface area contributed by atoms with Gasteiger partial charge in [0.1, 0.15) is 0 Å². The molecule has 0 saturated heterocycles. The van der Waals surface area contributed by atoms with Crippen LogP contribution in [0.4, 0.5) is 5.69 Å². The summed E-state index contributed by atoms with van der Waals surface area (Å²) in [6.45, 7) is 2.54. The molecule has 4 nitrogen and oxygen atoms in total. The molecule has 2 aromatic rings. The van der Waals surface area contributed by atoms with E-state index in [1.807, 2.05) is 49.4 Å². The van der Waals surface area contributed by atoms with Crippen LogP contribution in [0.3, 0.4) is 0 Å². The van der Waals surface area contributed by atoms with E-state index in [2.05, 4.69) is 0 Å². The van der Waals surface area contributed by atoms with E-state index < -0.39 is 5.97 Å². The SMILES string of the molecule is CCN(C(=O)CSc1ccccc1C(=O)OC)c1ccccc1. The van der Waals surface area contributed by atoms with Crippen molar-refractivity contribution in [2.75, 3.05) is 24.3 Å². The van der Waals surface area contributed by atoms with Crippen molar-refractivity contribution in [2.24, 2.45) is 0 Å². The zero-order valence-electron chi connectivity index (χ0n) is 13.2. The van der Waals surface area contributed by atoms with Gasteiger partial charge in [0.15, 0.2) is 0 Å². The number of anilines is 1. The first-order valence-electron chi connectivity index (χ1n) is 7.33. The van der Waals surface area contributed by atoms with Gasteiger partial charge in [-0.1, -0.05) is 30.3 Å². The third-order valence-electron chi connectivity index (χ3n) is 3.33. The van der Waals surface area contributed by atoms with Crippen molar-refractivity contribution >= 4 is 29.3 Å². The number of hydrogen-bond acceptors (Lipinski definition) is 4. The van der Waals surface area contributed by atoms with E-state index in [0.29, 0.717) is 12.1 Å². The molecular formula is C18H19NO3S. The Balaban J connectivity index is 2.08. The number of rotatable bonds is 6. The topological polar surface area (TPSA) is 46.6 Å². The van der Waals surface area contributed by atoms with Gasteiger partial charge in [-0.3, -0.25) is 4.79 Å². The number of thioether (sulfide) groups is 1. The van der Waals surface area contributed by atoms with E-state index >= 15 is 0 Å². The molecule has 0 atom stereocenters. The predicted octanol–water partition coefficient (Wildman–Crippen LogP) is 3.62. The summed E-state index contributed by atoms with van der Waals surface area (Å²) < 4.78 is 4.77. The van der Waals surface area contributed by atoms with Crippen molar-refractivity contribution in [3.63, 3.8) is 0 Å². The molecule has 0 radical (unpaired) electrons. The molecule has 0 aliphatic carbocycles. The number of hydrogen-bond donors (Lipinski definition) is 0. The molecule has 0 bridgehead atoms. The van der Waals surface area contributed by atoms with Gasteiger partial charge in [0, 0.05) is 17.1 Å². The van der Waals surface area contributed by atoms with Crippen LogP contribution in [0.5, 0.6) is 0 Å². The Bertz CT molecular complexity index is 673. The van der Waals surface area contributed by atoms with E-state index in [9.17, 15) is 9.59 Å². The second-order valence-corrected chi connectivity index (χ2v) is 5.77. The van der Waals surface area contributed by atoms with Crippen LogP contribution in [0.2, 0.25) is 0 Å². The monoisotopic (exact) mass is 329 g/mol. The number of ether oxygens (including phenoxy) is 1. The molecule has 0 N–H and O–H groups in total. The number of nitrogens with zero attached hydrogens (tertiary/aromatic N) is 1. The van der Waals surface area contributed by atoms with E-state index in [-0.39, 0.29) is 11.7 Å². The maximum absolute atomic E-state index is 12.5. The molecule has 0 fully saturated rings. The Morgan fingerprint density at radius 3 is 2.35 bits per heavy atom. The highest BCUT2D eigenvalue weighted by Gasteiger charge is 2.16. The maximum Gasteiger partial charge on any atom is 0.338 e. The van der Waals surface area contributed by atoms with Gasteiger partial charge in [-0.15, -0.1) is 11.8 Å². The van der Waals surface area contributed by atoms with Gasteiger partial charge in [0.25, 0.3) is 0 Å². The maximum atomic E-state index is 12.5. The lowest BCUT2D eigenvalue weighted by atomic mass is 10.2. The van der Waals surface area contributed by atoms with Gasteiger partial charge in [-0.2, -0.15) is 0 Å². The van der Waals surface area contributed by atoms with Crippen molar-refractivity contribution in [1.29, 1.82) is 0 Å². The third kappa shape index (κ3) is 4.36. The van der Waals surface area contributed by atoms with Gasteiger partial charge >= 0.3 is 5.97 Å². The molecule has 120 valence electrons. The van der Waals surface area contributed by atoms with Gasteiger partial charge in [0.2, 0.25) is 5.91 Å². The number of methoxy groups -OCH3 is 1. The van der Waals surface area contributed by atoms with Crippen molar-refractivity contribution in [2.45, 2.75) is 11.8 Å². The highest BCUT2D eigenvalue weighted by Crippen LogP contribution is 2.24. The van der Waals surface area contributed by atoms with E-state index in [0.717, 1.165) is 10.6 Å². The number of carbonyl (C=O) groups excluding carboxylic acids is 2. The quantitative estimate of drug-likeness (QED) is 0.600. The molecule has 2 rings (SSSR count). The summed E-state index contributed by atoms with van der Waals surface area (Å²) in [5, 5.41) is 0. The second-order valence-electron chi connectivity index (χ2n) is 4.75. The van der Waals surface area contributed by atoms with E-state index in [1.54, 1.807) is 17.0 Å². The Hall–Kier alpha value is -2.27. The fraction of sp³-hybridized carbons (Fsp3) is 0.222. The van der Waals surface area contributed by atoms with Crippen LogP contribution < -0.4 is 4.90 Å². The number of para-hydroxylation sites is 1. The summed E-state index contributed by atoms with van der Waals surface area (Å²) >= 11 is 1.35. The normalized spacial score (nSPS) is 10.2. The van der Waals surface area contributed by atoms with Gasteiger partial charge in [-0.25, -0.2) is 4.79 Å². The minimum atomic E-state index is -0.393. The van der Waals surface area contributed by atoms with Crippen molar-refractivity contribution in [1.82, 2.24) is 0 Å². The molecule has 1 amide bonds. The first-order valence-corrected chi connectivity index (χ1v) is 8.31. The highest BCUT2D eigenvalue weighted by atomic mass is 32.2. The van der Waals surface area contributed by atoms with Crippen LogP contribution in [-0.4, -0.2) is 31.3 Å². The summed E-state index contributed by atoms with van der Waals surface area (Å²) in [5.74, 6) is -0.129. The number of benzene rings is 2. The lowest BCUT2D eigenvalue weighted by Gasteiger charge is -2.21. The van der Waals surface area contributed by atoms with Crippen LogP contribution in [0.1, 0.15) is 17.3 Å². The summed E-state index contributed by atoms with van der Waals surface area (Å²) in [4.78, 5) is 26.7. The minimum absolute atomic E-state index is 0.00312. The highest BCUT2D eigenvalue weighted by molar-refractivity contribution is 8.00. The van der Waals surface area contributed by atoms with E-state index in [4.69, 9.17) is 4.74 Å². The average molecular weight is 329 g/mol. The van der Waals surface area contributed by atoms with Crippen molar-refractivity contribution in [3.8, 4) is 0 Å². The largest absolute Gasteiger partial charge is 0.465 e. The van der Waals surface area contributed by atoms with Crippen molar-refractivity contribution in [3.05, 3.63) is 60.2 Å². The zero-order valence-corrected chi connectivity index (χ0v) is 14.0. The minimum Gasteiger partial charge on any atom is -0.465 e. The molecule has 2 aromatic carbocycles. The molecule has 0 aliphatic heterocycles. The summed E-state index contributed by atoms with van der Waals surface area (Å²) in [5.41, 5.74) is 1.36. The smallest absolute Gasteiger partial charge is 0.338 e. The van der Waals surface area contributed by atoms with Crippen LogP contribution >= 0.6 is 11.8 Å². The molecule has 5 heteroatoms.